The Morgan fingerprint density at radius 2 is 1.76 bits per heavy atom. The summed E-state index contributed by atoms with van der Waals surface area (Å²) in [6, 6.07) is 13.2. The molecule has 2 aromatic carbocycles. The van der Waals surface area contributed by atoms with E-state index in [9.17, 15) is 9.59 Å². The van der Waals surface area contributed by atoms with Crippen LogP contribution >= 0.6 is 15.9 Å². The third-order valence-corrected chi connectivity index (χ3v) is 5.72. The van der Waals surface area contributed by atoms with E-state index >= 15 is 0 Å². The van der Waals surface area contributed by atoms with Crippen molar-refractivity contribution in [2.24, 2.45) is 0 Å². The molecule has 0 unspecified atom stereocenters. The number of hydrogen-bond acceptors (Lipinski definition) is 4. The van der Waals surface area contributed by atoms with Crippen LogP contribution in [0.1, 0.15) is 25.7 Å². The number of aromatic nitrogens is 2. The number of nitrogens with zero attached hydrogens (tertiary/aromatic N) is 3. The van der Waals surface area contributed by atoms with Crippen molar-refractivity contribution >= 4 is 44.1 Å². The van der Waals surface area contributed by atoms with Gasteiger partial charge in [0.2, 0.25) is 5.91 Å². The fourth-order valence-electron chi connectivity index (χ4n) is 3.68. The van der Waals surface area contributed by atoms with Crippen molar-refractivity contribution in [1.29, 1.82) is 0 Å². The second-order valence-electron chi connectivity index (χ2n) is 7.34. The zero-order valence-corrected chi connectivity index (χ0v) is 17.7. The largest absolute Gasteiger partial charge is 0.372 e. The molecule has 0 bridgehead atoms. The molecule has 1 fully saturated rings. The van der Waals surface area contributed by atoms with Gasteiger partial charge in [-0.25, -0.2) is 4.98 Å². The molecule has 1 amide bonds. The lowest BCUT2D eigenvalue weighted by molar-refractivity contribution is -0.116. The Labute approximate surface area is 177 Å². The van der Waals surface area contributed by atoms with Gasteiger partial charge in [-0.1, -0.05) is 28.8 Å². The molecule has 1 aromatic heterocycles. The van der Waals surface area contributed by atoms with Crippen molar-refractivity contribution < 1.29 is 4.79 Å². The first-order valence-corrected chi connectivity index (χ1v) is 10.7. The number of carbonyl (C=O) groups excluding carboxylic acids is 1. The van der Waals surface area contributed by atoms with E-state index in [0.717, 1.165) is 23.2 Å². The van der Waals surface area contributed by atoms with Crippen molar-refractivity contribution in [3.63, 3.8) is 0 Å². The van der Waals surface area contributed by atoms with Crippen molar-refractivity contribution in [3.05, 3.63) is 63.6 Å². The van der Waals surface area contributed by atoms with E-state index in [2.05, 4.69) is 31.1 Å². The molecular formula is C22H23BrN4O2. The first-order valence-electron chi connectivity index (χ1n) is 9.90. The van der Waals surface area contributed by atoms with Gasteiger partial charge in [0.1, 0.15) is 6.54 Å². The summed E-state index contributed by atoms with van der Waals surface area (Å²) in [4.78, 5) is 31.8. The monoisotopic (exact) mass is 454 g/mol. The molecule has 0 spiro atoms. The van der Waals surface area contributed by atoms with Crippen LogP contribution in [0, 0.1) is 0 Å². The number of hydrogen-bond donors (Lipinski definition) is 1. The van der Waals surface area contributed by atoms with E-state index in [1.807, 2.05) is 30.3 Å². The molecule has 0 radical (unpaired) electrons. The van der Waals surface area contributed by atoms with Gasteiger partial charge in [-0.3, -0.25) is 14.2 Å². The molecule has 6 nitrogen and oxygen atoms in total. The quantitative estimate of drug-likeness (QED) is 0.641. The maximum absolute atomic E-state index is 12.6. The average molecular weight is 455 g/mol. The highest BCUT2D eigenvalue weighted by molar-refractivity contribution is 9.10. The number of nitrogens with one attached hydrogen (secondary N) is 1. The molecule has 0 atom stereocenters. The number of rotatable bonds is 4. The smallest absolute Gasteiger partial charge is 0.261 e. The van der Waals surface area contributed by atoms with Crippen LogP contribution < -0.4 is 15.8 Å². The summed E-state index contributed by atoms with van der Waals surface area (Å²) in [6.07, 6.45) is 6.46. The second-order valence-corrected chi connectivity index (χ2v) is 8.25. The molecule has 1 saturated heterocycles. The van der Waals surface area contributed by atoms with Crippen LogP contribution in [0.2, 0.25) is 0 Å². The fourth-order valence-corrected chi connectivity index (χ4v) is 4.04. The third-order valence-electron chi connectivity index (χ3n) is 5.22. The Morgan fingerprint density at radius 3 is 2.48 bits per heavy atom. The van der Waals surface area contributed by atoms with E-state index in [-0.39, 0.29) is 18.0 Å². The van der Waals surface area contributed by atoms with E-state index < -0.39 is 0 Å². The predicted octanol–water partition coefficient (Wildman–Crippen LogP) is 4.18. The summed E-state index contributed by atoms with van der Waals surface area (Å²) in [5, 5.41) is 3.35. The van der Waals surface area contributed by atoms with Gasteiger partial charge in [0, 0.05) is 28.9 Å². The number of fused-ring (bicyclic) bond motifs is 1. The molecule has 1 aliphatic heterocycles. The van der Waals surface area contributed by atoms with E-state index in [4.69, 9.17) is 0 Å². The Bertz CT molecular complexity index is 1070. The first kappa shape index (κ1) is 19.6. The Morgan fingerprint density at radius 1 is 1.03 bits per heavy atom. The summed E-state index contributed by atoms with van der Waals surface area (Å²) in [5.41, 5.74) is 2.28. The molecule has 1 aliphatic rings. The van der Waals surface area contributed by atoms with Gasteiger partial charge < -0.3 is 10.2 Å². The van der Waals surface area contributed by atoms with Crippen LogP contribution in [0.3, 0.4) is 0 Å². The molecule has 7 heteroatoms. The molecule has 4 rings (SSSR count). The maximum atomic E-state index is 12.6. The minimum Gasteiger partial charge on any atom is -0.372 e. The third kappa shape index (κ3) is 4.67. The Kier molecular flexibility index (Phi) is 5.94. The van der Waals surface area contributed by atoms with Gasteiger partial charge in [-0.05, 0) is 55.3 Å². The highest BCUT2D eigenvalue weighted by Crippen LogP contribution is 2.21. The van der Waals surface area contributed by atoms with Crippen LogP contribution in [-0.2, 0) is 11.3 Å². The number of benzene rings is 2. The summed E-state index contributed by atoms with van der Waals surface area (Å²) in [5.74, 6) is -0.259. The molecular weight excluding hydrogens is 432 g/mol. The molecule has 3 aromatic rings. The van der Waals surface area contributed by atoms with Crippen molar-refractivity contribution in [3.8, 4) is 0 Å². The van der Waals surface area contributed by atoms with Gasteiger partial charge in [-0.2, -0.15) is 0 Å². The molecule has 1 N–H and O–H groups in total. The minimum absolute atomic E-state index is 0.0812. The lowest BCUT2D eigenvalue weighted by Gasteiger charge is -2.22. The zero-order valence-electron chi connectivity index (χ0n) is 16.1. The van der Waals surface area contributed by atoms with E-state index in [1.165, 1.54) is 42.3 Å². The minimum atomic E-state index is -0.259. The highest BCUT2D eigenvalue weighted by Gasteiger charge is 2.11. The van der Waals surface area contributed by atoms with Crippen LogP contribution in [0.15, 0.2) is 58.1 Å². The predicted molar refractivity (Wildman–Crippen MR) is 119 cm³/mol. The number of amides is 1. The average Bonchev–Trinajstić information content (AvgIpc) is 3.01. The fraction of sp³-hybridized carbons (Fsp3) is 0.318. The normalized spacial score (nSPS) is 14.6. The standard InChI is InChI=1S/C22H23BrN4O2/c23-16-5-10-20-19(13-16)22(29)27(15-24-20)14-21(28)25-17-6-8-18(9-7-17)26-11-3-1-2-4-12-26/h5-10,13,15H,1-4,11-12,14H2,(H,25,28). The van der Waals surface area contributed by atoms with Gasteiger partial charge in [-0.15, -0.1) is 0 Å². The molecule has 0 aliphatic carbocycles. The molecule has 0 saturated carbocycles. The maximum Gasteiger partial charge on any atom is 0.261 e. The van der Waals surface area contributed by atoms with Crippen LogP contribution in [0.5, 0.6) is 0 Å². The summed E-state index contributed by atoms with van der Waals surface area (Å²) < 4.78 is 2.13. The topological polar surface area (TPSA) is 67.2 Å². The van der Waals surface area contributed by atoms with Gasteiger partial charge in [0.25, 0.3) is 5.56 Å². The number of carbonyl (C=O) groups is 1. The summed E-state index contributed by atoms with van der Waals surface area (Å²) in [7, 11) is 0. The van der Waals surface area contributed by atoms with E-state index in [0.29, 0.717) is 10.9 Å². The zero-order chi connectivity index (χ0) is 20.2. The Hall–Kier alpha value is -2.67. The number of halogens is 1. The lowest BCUT2D eigenvalue weighted by atomic mass is 10.2. The first-order chi connectivity index (χ1) is 14.1. The van der Waals surface area contributed by atoms with Crippen LogP contribution in [0.25, 0.3) is 10.9 Å². The molecule has 2 heterocycles. The Balaban J connectivity index is 1.44. The van der Waals surface area contributed by atoms with Crippen LogP contribution in [0.4, 0.5) is 11.4 Å². The SMILES string of the molecule is O=C(Cn1cnc2ccc(Br)cc2c1=O)Nc1ccc(N2CCCCCC2)cc1. The van der Waals surface area contributed by atoms with Crippen molar-refractivity contribution in [2.45, 2.75) is 32.2 Å². The van der Waals surface area contributed by atoms with Gasteiger partial charge >= 0.3 is 0 Å². The molecule has 29 heavy (non-hydrogen) atoms. The summed E-state index contributed by atoms with van der Waals surface area (Å²) in [6.45, 7) is 2.08. The van der Waals surface area contributed by atoms with Crippen molar-refractivity contribution in [2.75, 3.05) is 23.3 Å². The number of anilines is 2. The van der Waals surface area contributed by atoms with Gasteiger partial charge in [0.15, 0.2) is 0 Å². The van der Waals surface area contributed by atoms with E-state index in [1.54, 1.807) is 12.1 Å². The van der Waals surface area contributed by atoms with Crippen LogP contribution in [-0.4, -0.2) is 28.5 Å². The van der Waals surface area contributed by atoms with Gasteiger partial charge in [0.05, 0.1) is 17.2 Å². The summed E-state index contributed by atoms with van der Waals surface area (Å²) >= 11 is 3.37. The van der Waals surface area contributed by atoms with Crippen molar-refractivity contribution in [1.82, 2.24) is 9.55 Å². The highest BCUT2D eigenvalue weighted by atomic mass is 79.9. The molecule has 150 valence electrons. The lowest BCUT2D eigenvalue weighted by Crippen LogP contribution is -2.28. The second kappa shape index (κ2) is 8.78.